The summed E-state index contributed by atoms with van der Waals surface area (Å²) in [4.78, 5) is 46.0. The van der Waals surface area contributed by atoms with Crippen LogP contribution in [0, 0.1) is 5.82 Å². The van der Waals surface area contributed by atoms with Crippen molar-refractivity contribution in [3.8, 4) is 5.75 Å². The molecule has 0 spiro atoms. The van der Waals surface area contributed by atoms with Crippen molar-refractivity contribution in [2.24, 2.45) is 4.99 Å². The van der Waals surface area contributed by atoms with E-state index in [-0.39, 0.29) is 44.0 Å². The van der Waals surface area contributed by atoms with E-state index in [9.17, 15) is 23.9 Å². The molecule has 1 aromatic carbocycles. The summed E-state index contributed by atoms with van der Waals surface area (Å²) in [5.41, 5.74) is -0.303. The molecule has 0 bridgehead atoms. The molecule has 2 rings (SSSR count). The third-order valence-corrected chi connectivity index (χ3v) is 5.68. The van der Waals surface area contributed by atoms with Crippen LogP contribution in [0.25, 0.3) is 0 Å². The van der Waals surface area contributed by atoms with Crippen molar-refractivity contribution < 1.29 is 33.4 Å². The lowest BCUT2D eigenvalue weighted by molar-refractivity contribution is 0.0587. The smallest absolute Gasteiger partial charge is 0.437 e. The molecule has 1 saturated heterocycles. The SMILES string of the molecule is CN1CN(C(=NC(=O)OC(C)(C)C)N(CCc2ccc(OCCCI)c(F)c2)C(=O)O)CN(C)C1=O. The summed E-state index contributed by atoms with van der Waals surface area (Å²) in [5, 5.41) is 9.98. The summed E-state index contributed by atoms with van der Waals surface area (Å²) in [5.74, 6) is -0.597. The second kappa shape index (κ2) is 12.9. The quantitative estimate of drug-likeness (QED) is 0.161. The zero-order valence-electron chi connectivity index (χ0n) is 21.2. The van der Waals surface area contributed by atoms with E-state index in [2.05, 4.69) is 27.6 Å². The first-order valence-corrected chi connectivity index (χ1v) is 12.9. The molecule has 1 aliphatic rings. The van der Waals surface area contributed by atoms with E-state index in [4.69, 9.17) is 9.47 Å². The van der Waals surface area contributed by atoms with Gasteiger partial charge < -0.3 is 29.3 Å². The predicted octanol–water partition coefficient (Wildman–Crippen LogP) is 4.06. The normalized spacial score (nSPS) is 14.7. The maximum Gasteiger partial charge on any atom is 0.437 e. The number of hydrogen-bond acceptors (Lipinski definition) is 5. The Morgan fingerprint density at radius 1 is 1.22 bits per heavy atom. The Hall–Kier alpha value is -2.84. The van der Waals surface area contributed by atoms with Crippen LogP contribution in [0.1, 0.15) is 32.8 Å². The van der Waals surface area contributed by atoms with Crippen LogP contribution in [-0.4, -0.2) is 99.5 Å². The molecule has 1 fully saturated rings. The van der Waals surface area contributed by atoms with Crippen molar-refractivity contribution in [2.75, 3.05) is 45.0 Å². The summed E-state index contributed by atoms with van der Waals surface area (Å²) < 4.78 is 26.1. The zero-order chi connectivity index (χ0) is 27.0. The largest absolute Gasteiger partial charge is 0.490 e. The third kappa shape index (κ3) is 8.68. The molecular formula is C23H33FIN5O6. The highest BCUT2D eigenvalue weighted by Crippen LogP contribution is 2.20. The summed E-state index contributed by atoms with van der Waals surface area (Å²) in [6.45, 7) is 5.29. The Bertz CT molecular complexity index is 972. The standard InChI is InChI=1S/C23H33FIN5O6/c1-23(2,3)36-20(31)26-19(29-14-27(4)21(32)28(5)15-29)30(22(33)34)11-9-16-7-8-18(17(24)13-16)35-12-6-10-25/h7-8,13H,6,9-12,14-15H2,1-5H3,(H,33,34). The average molecular weight is 621 g/mol. The molecule has 4 amide bonds. The number of benzene rings is 1. The Balaban J connectivity index is 2.29. The fourth-order valence-corrected chi connectivity index (χ4v) is 3.65. The number of amides is 4. The van der Waals surface area contributed by atoms with Gasteiger partial charge in [-0.2, -0.15) is 0 Å². The lowest BCUT2D eigenvalue weighted by Crippen LogP contribution is -2.60. The fourth-order valence-electron chi connectivity index (χ4n) is 3.34. The summed E-state index contributed by atoms with van der Waals surface area (Å²) in [7, 11) is 3.10. The average Bonchev–Trinajstić information content (AvgIpc) is 2.76. The zero-order valence-corrected chi connectivity index (χ0v) is 23.3. The number of carboxylic acid groups (broad SMARTS) is 1. The minimum absolute atomic E-state index is 0.00642. The number of nitrogens with zero attached hydrogens (tertiary/aromatic N) is 5. The molecule has 1 N–H and O–H groups in total. The highest BCUT2D eigenvalue weighted by atomic mass is 127. The summed E-state index contributed by atoms with van der Waals surface area (Å²) >= 11 is 2.21. The van der Waals surface area contributed by atoms with Crippen molar-refractivity contribution in [3.05, 3.63) is 29.6 Å². The number of aliphatic imine (C=N–C) groups is 1. The Labute approximate surface area is 223 Å². The summed E-state index contributed by atoms with van der Waals surface area (Å²) in [6, 6.07) is 4.21. The van der Waals surface area contributed by atoms with E-state index in [0.29, 0.717) is 12.2 Å². The first-order chi connectivity index (χ1) is 16.8. The minimum atomic E-state index is -1.36. The number of carbonyl (C=O) groups excluding carboxylic acids is 2. The van der Waals surface area contributed by atoms with Crippen LogP contribution in [0.3, 0.4) is 0 Å². The van der Waals surface area contributed by atoms with Gasteiger partial charge in [-0.25, -0.2) is 23.7 Å². The number of ether oxygens (including phenoxy) is 2. The molecule has 36 heavy (non-hydrogen) atoms. The molecule has 0 unspecified atom stereocenters. The molecule has 200 valence electrons. The number of guanidine groups is 1. The molecule has 0 aromatic heterocycles. The molecular weight excluding hydrogens is 588 g/mol. The molecule has 1 heterocycles. The van der Waals surface area contributed by atoms with E-state index < -0.39 is 23.6 Å². The number of urea groups is 1. The lowest BCUT2D eigenvalue weighted by Gasteiger charge is -2.41. The van der Waals surface area contributed by atoms with Gasteiger partial charge in [0.2, 0.25) is 5.96 Å². The number of halogens is 2. The van der Waals surface area contributed by atoms with E-state index in [0.717, 1.165) is 15.7 Å². The van der Waals surface area contributed by atoms with Crippen molar-refractivity contribution in [2.45, 2.75) is 39.2 Å². The van der Waals surface area contributed by atoms with Gasteiger partial charge >= 0.3 is 18.2 Å². The minimum Gasteiger partial charge on any atom is -0.490 e. The van der Waals surface area contributed by atoms with Crippen molar-refractivity contribution in [3.63, 3.8) is 0 Å². The van der Waals surface area contributed by atoms with Gasteiger partial charge in [0.15, 0.2) is 11.6 Å². The van der Waals surface area contributed by atoms with Crippen LogP contribution in [0.5, 0.6) is 5.75 Å². The van der Waals surface area contributed by atoms with Gasteiger partial charge in [-0.05, 0) is 51.3 Å². The Morgan fingerprint density at radius 2 is 1.86 bits per heavy atom. The fraction of sp³-hybridized carbons (Fsp3) is 0.565. The van der Waals surface area contributed by atoms with E-state index in [1.807, 2.05) is 0 Å². The van der Waals surface area contributed by atoms with E-state index >= 15 is 0 Å². The predicted molar refractivity (Wildman–Crippen MR) is 140 cm³/mol. The molecule has 13 heteroatoms. The third-order valence-electron chi connectivity index (χ3n) is 4.91. The number of hydrogen-bond donors (Lipinski definition) is 1. The number of rotatable bonds is 7. The first kappa shape index (κ1) is 29.4. The highest BCUT2D eigenvalue weighted by molar-refractivity contribution is 14.1. The first-order valence-electron chi connectivity index (χ1n) is 11.3. The monoisotopic (exact) mass is 621 g/mol. The maximum absolute atomic E-state index is 14.5. The van der Waals surface area contributed by atoms with Crippen LogP contribution < -0.4 is 4.74 Å². The molecule has 0 atom stereocenters. The number of alkyl halides is 1. The van der Waals surface area contributed by atoms with Crippen LogP contribution >= 0.6 is 22.6 Å². The molecule has 1 aromatic rings. The van der Waals surface area contributed by atoms with Crippen LogP contribution in [0.2, 0.25) is 0 Å². The molecule has 0 aliphatic carbocycles. The second-order valence-electron chi connectivity index (χ2n) is 9.23. The maximum atomic E-state index is 14.5. The highest BCUT2D eigenvalue weighted by Gasteiger charge is 2.33. The van der Waals surface area contributed by atoms with Gasteiger partial charge in [-0.1, -0.05) is 28.7 Å². The molecule has 0 saturated carbocycles. The van der Waals surface area contributed by atoms with E-state index in [1.54, 1.807) is 40.9 Å². The topological polar surface area (TPSA) is 115 Å². The van der Waals surface area contributed by atoms with Crippen molar-refractivity contribution in [1.29, 1.82) is 0 Å². The summed E-state index contributed by atoms with van der Waals surface area (Å²) in [6.07, 6.45) is -1.39. The number of carbonyl (C=O) groups is 3. The molecule has 1 aliphatic heterocycles. The van der Waals surface area contributed by atoms with Gasteiger partial charge in [0, 0.05) is 25.1 Å². The van der Waals surface area contributed by atoms with Crippen molar-refractivity contribution in [1.82, 2.24) is 19.6 Å². The van der Waals surface area contributed by atoms with Crippen LogP contribution in [-0.2, 0) is 11.2 Å². The van der Waals surface area contributed by atoms with Gasteiger partial charge in [-0.3, -0.25) is 0 Å². The molecule has 0 radical (unpaired) electrons. The lowest BCUT2D eigenvalue weighted by atomic mass is 10.1. The Kier molecular flexibility index (Phi) is 10.5. The van der Waals surface area contributed by atoms with Crippen LogP contribution in [0.4, 0.5) is 18.8 Å². The van der Waals surface area contributed by atoms with Gasteiger partial charge in [-0.15, -0.1) is 4.99 Å². The Morgan fingerprint density at radius 3 is 2.39 bits per heavy atom. The van der Waals surface area contributed by atoms with Gasteiger partial charge in [0.1, 0.15) is 5.60 Å². The van der Waals surface area contributed by atoms with Crippen molar-refractivity contribution >= 4 is 46.8 Å². The molecule has 11 nitrogen and oxygen atoms in total. The van der Waals surface area contributed by atoms with Gasteiger partial charge in [0.25, 0.3) is 0 Å². The second-order valence-corrected chi connectivity index (χ2v) is 10.3. The van der Waals surface area contributed by atoms with E-state index in [1.165, 1.54) is 26.8 Å². The van der Waals surface area contributed by atoms with Crippen LogP contribution in [0.15, 0.2) is 23.2 Å². The van der Waals surface area contributed by atoms with Gasteiger partial charge in [0.05, 0.1) is 19.9 Å².